The molecule has 1 N–H and O–H groups in total. The number of rotatable bonds is 3. The molecule has 0 aromatic carbocycles. The maximum absolute atomic E-state index is 5.41. The zero-order chi connectivity index (χ0) is 12.5. The maximum Gasteiger partial charge on any atom is 0.225 e. The van der Waals surface area contributed by atoms with Crippen LogP contribution in [0.25, 0.3) is 10.2 Å². The summed E-state index contributed by atoms with van der Waals surface area (Å²) in [6.45, 7) is 1.89. The molecule has 18 heavy (non-hydrogen) atoms. The zero-order valence-corrected chi connectivity index (χ0v) is 11.3. The van der Waals surface area contributed by atoms with Crippen molar-refractivity contribution in [2.75, 3.05) is 37.5 Å². The van der Waals surface area contributed by atoms with Gasteiger partial charge in [-0.3, -0.25) is 0 Å². The van der Waals surface area contributed by atoms with Crippen LogP contribution in [0.5, 0.6) is 0 Å². The number of anilines is 2. The number of hydrogen-bond donors (Lipinski definition) is 1. The molecule has 0 radical (unpaired) electrons. The molecule has 96 valence electrons. The lowest BCUT2D eigenvalue weighted by atomic mass is 10.3. The molecule has 0 spiro atoms. The van der Waals surface area contributed by atoms with Crippen LogP contribution in [-0.2, 0) is 4.74 Å². The number of hydrogen-bond acceptors (Lipinski definition) is 6. The van der Waals surface area contributed by atoms with E-state index >= 15 is 0 Å². The van der Waals surface area contributed by atoms with Crippen molar-refractivity contribution in [3.05, 3.63) is 11.4 Å². The predicted octanol–water partition coefficient (Wildman–Crippen LogP) is 1.96. The molecular formula is C12H16N4OS. The molecule has 3 rings (SSSR count). The van der Waals surface area contributed by atoms with E-state index in [1.165, 1.54) is 0 Å². The van der Waals surface area contributed by atoms with Crippen LogP contribution >= 0.6 is 11.3 Å². The summed E-state index contributed by atoms with van der Waals surface area (Å²) in [5, 5.41) is 6.22. The van der Waals surface area contributed by atoms with Gasteiger partial charge in [-0.1, -0.05) is 0 Å². The average Bonchev–Trinajstić information content (AvgIpc) is 3.05. The first-order chi connectivity index (χ1) is 8.81. The molecule has 2 aromatic rings. The van der Waals surface area contributed by atoms with Crippen LogP contribution in [0.4, 0.5) is 11.8 Å². The van der Waals surface area contributed by atoms with Crippen molar-refractivity contribution in [1.29, 1.82) is 0 Å². The largest absolute Gasteiger partial charge is 0.380 e. The number of nitrogens with one attached hydrogen (secondary N) is 1. The average molecular weight is 264 g/mol. The van der Waals surface area contributed by atoms with Gasteiger partial charge < -0.3 is 15.0 Å². The fraction of sp³-hybridized carbons (Fsp3) is 0.500. The van der Waals surface area contributed by atoms with E-state index in [0.29, 0.717) is 12.1 Å². The summed E-state index contributed by atoms with van der Waals surface area (Å²) in [5.74, 6) is 1.70. The lowest BCUT2D eigenvalue weighted by molar-refractivity contribution is 0.121. The first-order valence-corrected chi connectivity index (χ1v) is 6.90. The van der Waals surface area contributed by atoms with Crippen LogP contribution in [-0.4, -0.2) is 43.3 Å². The number of methoxy groups -OCH3 is 1. The molecule has 0 aliphatic carbocycles. The Hall–Kier alpha value is -1.40. The van der Waals surface area contributed by atoms with Gasteiger partial charge in [0.1, 0.15) is 10.6 Å². The van der Waals surface area contributed by atoms with Crippen molar-refractivity contribution in [3.8, 4) is 0 Å². The van der Waals surface area contributed by atoms with Crippen LogP contribution in [0.1, 0.15) is 6.42 Å². The molecule has 1 aliphatic heterocycles. The van der Waals surface area contributed by atoms with Crippen LogP contribution in [0, 0.1) is 0 Å². The Labute approximate surface area is 110 Å². The number of aromatic nitrogens is 2. The molecule has 1 unspecified atom stereocenters. The molecule has 1 aliphatic rings. The molecule has 3 heterocycles. The van der Waals surface area contributed by atoms with Crippen molar-refractivity contribution in [1.82, 2.24) is 9.97 Å². The summed E-state index contributed by atoms with van der Waals surface area (Å²) in [6.07, 6.45) is 1.37. The standard InChI is InChI=1S/C12H16N4OS/c1-13-12-14-10(9-4-6-18-11(9)15-12)16-5-3-8(7-16)17-2/h4,6,8H,3,5,7H2,1-2H3,(H,13,14,15). The van der Waals surface area contributed by atoms with Crippen molar-refractivity contribution in [3.63, 3.8) is 0 Å². The van der Waals surface area contributed by atoms with Crippen molar-refractivity contribution < 1.29 is 4.74 Å². The van der Waals surface area contributed by atoms with Gasteiger partial charge in [-0.05, 0) is 17.9 Å². The van der Waals surface area contributed by atoms with Gasteiger partial charge in [0.15, 0.2) is 0 Å². The quantitative estimate of drug-likeness (QED) is 0.918. The third-order valence-electron chi connectivity index (χ3n) is 3.31. The van der Waals surface area contributed by atoms with Gasteiger partial charge in [0.2, 0.25) is 5.95 Å². The molecule has 5 nitrogen and oxygen atoms in total. The molecule has 1 atom stereocenters. The van der Waals surface area contributed by atoms with E-state index in [1.807, 2.05) is 7.05 Å². The van der Waals surface area contributed by atoms with E-state index in [4.69, 9.17) is 4.74 Å². The highest BCUT2D eigenvalue weighted by Gasteiger charge is 2.25. The molecule has 2 aromatic heterocycles. The van der Waals surface area contributed by atoms with Gasteiger partial charge in [0.05, 0.1) is 11.5 Å². The number of nitrogens with zero attached hydrogens (tertiary/aromatic N) is 3. The Morgan fingerprint density at radius 2 is 2.39 bits per heavy atom. The van der Waals surface area contributed by atoms with Crippen molar-refractivity contribution in [2.45, 2.75) is 12.5 Å². The molecule has 1 saturated heterocycles. The Kier molecular flexibility index (Phi) is 3.05. The van der Waals surface area contributed by atoms with Crippen molar-refractivity contribution >= 4 is 33.3 Å². The smallest absolute Gasteiger partial charge is 0.225 e. The van der Waals surface area contributed by atoms with Crippen LogP contribution in [0.2, 0.25) is 0 Å². The molecule has 0 saturated carbocycles. The highest BCUT2D eigenvalue weighted by atomic mass is 32.1. The predicted molar refractivity (Wildman–Crippen MR) is 74.6 cm³/mol. The maximum atomic E-state index is 5.41. The SMILES string of the molecule is CNc1nc(N2CCC(OC)C2)c2ccsc2n1. The summed E-state index contributed by atoms with van der Waals surface area (Å²) < 4.78 is 5.41. The highest BCUT2D eigenvalue weighted by molar-refractivity contribution is 7.16. The van der Waals surface area contributed by atoms with Gasteiger partial charge in [-0.15, -0.1) is 11.3 Å². The summed E-state index contributed by atoms with van der Waals surface area (Å²) in [7, 11) is 3.62. The van der Waals surface area contributed by atoms with Crippen LogP contribution in [0.15, 0.2) is 11.4 Å². The highest BCUT2D eigenvalue weighted by Crippen LogP contribution is 2.31. The zero-order valence-electron chi connectivity index (χ0n) is 10.5. The van der Waals surface area contributed by atoms with E-state index in [0.717, 1.165) is 35.5 Å². The lowest BCUT2D eigenvalue weighted by Gasteiger charge is -2.18. The third-order valence-corrected chi connectivity index (χ3v) is 4.11. The van der Waals surface area contributed by atoms with E-state index in [9.17, 15) is 0 Å². The van der Waals surface area contributed by atoms with Crippen LogP contribution < -0.4 is 10.2 Å². The van der Waals surface area contributed by atoms with Gasteiger partial charge >= 0.3 is 0 Å². The fourth-order valence-electron chi connectivity index (χ4n) is 2.31. The second-order valence-corrected chi connectivity index (χ2v) is 5.25. The van der Waals surface area contributed by atoms with Gasteiger partial charge in [-0.25, -0.2) is 4.98 Å². The summed E-state index contributed by atoms with van der Waals surface area (Å²) >= 11 is 1.65. The van der Waals surface area contributed by atoms with Gasteiger partial charge in [-0.2, -0.15) is 4.98 Å². The Bertz CT molecular complexity index is 556. The monoisotopic (exact) mass is 264 g/mol. The summed E-state index contributed by atoms with van der Waals surface area (Å²) in [5.41, 5.74) is 0. The fourth-order valence-corrected chi connectivity index (χ4v) is 3.06. The van der Waals surface area contributed by atoms with E-state index in [2.05, 4.69) is 31.6 Å². The molecule has 0 bridgehead atoms. The lowest BCUT2D eigenvalue weighted by Crippen LogP contribution is -2.23. The van der Waals surface area contributed by atoms with E-state index in [1.54, 1.807) is 18.4 Å². The molecular weight excluding hydrogens is 248 g/mol. The third kappa shape index (κ3) is 1.91. The topological polar surface area (TPSA) is 50.3 Å². The minimum absolute atomic E-state index is 0.312. The molecule has 1 fully saturated rings. The normalized spacial score (nSPS) is 19.7. The van der Waals surface area contributed by atoms with Crippen molar-refractivity contribution in [2.24, 2.45) is 0 Å². The Morgan fingerprint density at radius 1 is 1.50 bits per heavy atom. The van der Waals surface area contributed by atoms with E-state index < -0.39 is 0 Å². The number of thiophene rings is 1. The Balaban J connectivity index is 2.02. The second-order valence-electron chi connectivity index (χ2n) is 4.35. The first-order valence-electron chi connectivity index (χ1n) is 6.02. The number of fused-ring (bicyclic) bond motifs is 1. The second kappa shape index (κ2) is 4.70. The molecule has 6 heteroatoms. The molecule has 0 amide bonds. The summed E-state index contributed by atoms with van der Waals surface area (Å²) in [4.78, 5) is 12.4. The summed E-state index contributed by atoms with van der Waals surface area (Å²) in [6, 6.07) is 2.09. The first kappa shape index (κ1) is 11.7. The number of ether oxygens (including phenoxy) is 1. The minimum atomic E-state index is 0.312. The van der Waals surface area contributed by atoms with Crippen LogP contribution in [0.3, 0.4) is 0 Å². The van der Waals surface area contributed by atoms with Gasteiger partial charge in [0.25, 0.3) is 0 Å². The van der Waals surface area contributed by atoms with Gasteiger partial charge in [0, 0.05) is 27.2 Å². The van der Waals surface area contributed by atoms with E-state index in [-0.39, 0.29) is 0 Å². The minimum Gasteiger partial charge on any atom is -0.380 e. The Morgan fingerprint density at radius 3 is 3.11 bits per heavy atom.